The molecule has 0 unspecified atom stereocenters. The fraction of sp³-hybridized carbons (Fsp3) is 0.895. The Hall–Kier alpha value is -0.900. The van der Waals surface area contributed by atoms with Gasteiger partial charge >= 0.3 is 5.97 Å². The normalized spacial score (nSPS) is 13.7. The molecule has 0 heterocycles. The summed E-state index contributed by atoms with van der Waals surface area (Å²) in [5.41, 5.74) is 0. The van der Waals surface area contributed by atoms with Crippen LogP contribution in [0.15, 0.2) is 0 Å². The second-order valence-corrected chi connectivity index (χ2v) is 6.73. The van der Waals surface area contributed by atoms with Crippen molar-refractivity contribution < 1.29 is 19.8 Å². The lowest BCUT2D eigenvalue weighted by Crippen LogP contribution is -2.13. The van der Waals surface area contributed by atoms with Crippen molar-refractivity contribution in [3.63, 3.8) is 0 Å². The van der Waals surface area contributed by atoms with Crippen LogP contribution in [0.1, 0.15) is 97.3 Å². The van der Waals surface area contributed by atoms with E-state index in [1.807, 2.05) is 0 Å². The van der Waals surface area contributed by atoms with Gasteiger partial charge in [-0.1, -0.05) is 51.9 Å². The molecule has 4 heteroatoms. The zero-order valence-corrected chi connectivity index (χ0v) is 15.1. The molecule has 2 N–H and O–H groups in total. The zero-order valence-electron chi connectivity index (χ0n) is 15.1. The summed E-state index contributed by atoms with van der Waals surface area (Å²) in [5.74, 6) is -0.377. The molecule has 0 aromatic carbocycles. The van der Waals surface area contributed by atoms with Crippen molar-refractivity contribution in [1.82, 2.24) is 0 Å². The number of rotatable bonds is 16. The Morgan fingerprint density at radius 1 is 0.826 bits per heavy atom. The van der Waals surface area contributed by atoms with Gasteiger partial charge in [-0.2, -0.15) is 0 Å². The van der Waals surface area contributed by atoms with E-state index >= 15 is 0 Å². The van der Waals surface area contributed by atoms with Crippen molar-refractivity contribution in [2.75, 3.05) is 0 Å². The standard InChI is InChI=1S/C19H36O4/c1-3-4-7-13-18(21)14-10-12-17(16(2)20)11-8-5-6-9-15-19(22)23/h17-18,21H,3-15H2,1-2H3,(H,22,23)/t17-,18-/m1/s1. The van der Waals surface area contributed by atoms with Crippen LogP contribution in [0.2, 0.25) is 0 Å². The monoisotopic (exact) mass is 328 g/mol. The average molecular weight is 328 g/mol. The molecule has 0 bridgehead atoms. The van der Waals surface area contributed by atoms with Crippen LogP contribution in [0.3, 0.4) is 0 Å². The van der Waals surface area contributed by atoms with Crippen molar-refractivity contribution in [1.29, 1.82) is 0 Å². The summed E-state index contributed by atoms with van der Waals surface area (Å²) in [6, 6.07) is 0. The molecule has 0 amide bonds. The summed E-state index contributed by atoms with van der Waals surface area (Å²) in [6.45, 7) is 3.82. The number of ketones is 1. The van der Waals surface area contributed by atoms with E-state index in [0.717, 1.165) is 64.2 Å². The van der Waals surface area contributed by atoms with Crippen LogP contribution in [0, 0.1) is 5.92 Å². The molecule has 0 rings (SSSR count). The Morgan fingerprint density at radius 2 is 1.39 bits per heavy atom. The summed E-state index contributed by atoms with van der Waals surface area (Å²) in [4.78, 5) is 22.1. The second-order valence-electron chi connectivity index (χ2n) is 6.73. The van der Waals surface area contributed by atoms with Gasteiger partial charge in [0.15, 0.2) is 0 Å². The molecular weight excluding hydrogens is 292 g/mol. The quantitative estimate of drug-likeness (QED) is 0.402. The largest absolute Gasteiger partial charge is 0.481 e. The van der Waals surface area contributed by atoms with E-state index in [1.165, 1.54) is 12.8 Å². The lowest BCUT2D eigenvalue weighted by atomic mass is 9.91. The summed E-state index contributed by atoms with van der Waals surface area (Å²) in [6.07, 6.45) is 11.5. The first-order valence-electron chi connectivity index (χ1n) is 9.37. The minimum Gasteiger partial charge on any atom is -0.481 e. The molecule has 2 atom stereocenters. The van der Waals surface area contributed by atoms with E-state index in [0.29, 0.717) is 0 Å². The van der Waals surface area contributed by atoms with Crippen LogP contribution in [0.25, 0.3) is 0 Å². The number of aliphatic carboxylic acids is 1. The number of unbranched alkanes of at least 4 members (excludes halogenated alkanes) is 5. The molecule has 0 spiro atoms. The first-order valence-corrected chi connectivity index (χ1v) is 9.37. The van der Waals surface area contributed by atoms with E-state index < -0.39 is 5.97 Å². The molecule has 0 saturated carbocycles. The third kappa shape index (κ3) is 14.4. The van der Waals surface area contributed by atoms with Gasteiger partial charge in [-0.25, -0.2) is 0 Å². The molecule has 0 aliphatic heterocycles. The summed E-state index contributed by atoms with van der Waals surface area (Å²) >= 11 is 0. The molecule has 0 fully saturated rings. The van der Waals surface area contributed by atoms with Crippen LogP contribution in [0.4, 0.5) is 0 Å². The van der Waals surface area contributed by atoms with E-state index in [9.17, 15) is 14.7 Å². The Balaban J connectivity index is 3.73. The number of carbonyl (C=O) groups excluding carboxylic acids is 1. The number of carboxylic acids is 1. The molecule has 0 aromatic heterocycles. The maximum absolute atomic E-state index is 11.7. The molecule has 0 saturated heterocycles. The van der Waals surface area contributed by atoms with Gasteiger partial charge in [0, 0.05) is 12.3 Å². The Labute approximate surface area is 141 Å². The van der Waals surface area contributed by atoms with Crippen molar-refractivity contribution in [3.05, 3.63) is 0 Å². The number of aliphatic hydroxyl groups excluding tert-OH is 1. The van der Waals surface area contributed by atoms with Crippen molar-refractivity contribution in [2.45, 2.75) is 103 Å². The van der Waals surface area contributed by atoms with Crippen molar-refractivity contribution >= 4 is 11.8 Å². The topological polar surface area (TPSA) is 74.6 Å². The summed E-state index contributed by atoms with van der Waals surface area (Å²) in [7, 11) is 0. The van der Waals surface area contributed by atoms with E-state index in [-0.39, 0.29) is 24.2 Å². The van der Waals surface area contributed by atoms with Crippen molar-refractivity contribution in [2.24, 2.45) is 5.92 Å². The van der Waals surface area contributed by atoms with Gasteiger partial charge in [-0.15, -0.1) is 0 Å². The number of carboxylic acid groups (broad SMARTS) is 1. The fourth-order valence-electron chi connectivity index (χ4n) is 2.95. The molecular formula is C19H36O4. The predicted molar refractivity (Wildman–Crippen MR) is 93.5 cm³/mol. The number of hydrogen-bond acceptors (Lipinski definition) is 3. The van der Waals surface area contributed by atoms with Gasteiger partial charge < -0.3 is 10.2 Å². The van der Waals surface area contributed by atoms with Gasteiger partial charge in [-0.05, 0) is 39.0 Å². The minimum absolute atomic E-state index is 0.109. The van der Waals surface area contributed by atoms with E-state index in [2.05, 4.69) is 6.92 Å². The highest BCUT2D eigenvalue weighted by Crippen LogP contribution is 2.20. The minimum atomic E-state index is -0.732. The maximum atomic E-state index is 11.7. The second kappa shape index (κ2) is 14.7. The molecule has 136 valence electrons. The molecule has 4 nitrogen and oxygen atoms in total. The fourth-order valence-corrected chi connectivity index (χ4v) is 2.95. The van der Waals surface area contributed by atoms with Crippen molar-refractivity contribution in [3.8, 4) is 0 Å². The SMILES string of the molecule is CCCCC[C@@H](O)CCC[C@@H](CCCCCCC(=O)O)C(C)=O. The zero-order chi connectivity index (χ0) is 17.5. The van der Waals surface area contributed by atoms with Gasteiger partial charge in [-0.3, -0.25) is 9.59 Å². The molecule has 0 aliphatic rings. The Kier molecular flexibility index (Phi) is 14.1. The lowest BCUT2D eigenvalue weighted by Gasteiger charge is -2.15. The third-order valence-electron chi connectivity index (χ3n) is 4.50. The van der Waals surface area contributed by atoms with Crippen LogP contribution < -0.4 is 0 Å². The Bertz CT molecular complexity index is 314. The first kappa shape index (κ1) is 22.1. The van der Waals surface area contributed by atoms with Crippen LogP contribution in [0.5, 0.6) is 0 Å². The smallest absolute Gasteiger partial charge is 0.303 e. The number of carbonyl (C=O) groups is 2. The van der Waals surface area contributed by atoms with Crippen LogP contribution >= 0.6 is 0 Å². The highest BCUT2D eigenvalue weighted by atomic mass is 16.4. The van der Waals surface area contributed by atoms with Gasteiger partial charge in [0.2, 0.25) is 0 Å². The maximum Gasteiger partial charge on any atom is 0.303 e. The first-order chi connectivity index (χ1) is 11.0. The molecule has 23 heavy (non-hydrogen) atoms. The van der Waals surface area contributed by atoms with Gasteiger partial charge in [0.1, 0.15) is 5.78 Å². The average Bonchev–Trinajstić information content (AvgIpc) is 2.48. The molecule has 0 aromatic rings. The van der Waals surface area contributed by atoms with Crippen LogP contribution in [-0.2, 0) is 9.59 Å². The van der Waals surface area contributed by atoms with E-state index in [4.69, 9.17) is 5.11 Å². The highest BCUT2D eigenvalue weighted by molar-refractivity contribution is 5.78. The van der Waals surface area contributed by atoms with E-state index in [1.54, 1.807) is 6.92 Å². The molecule has 0 radical (unpaired) electrons. The number of Topliss-reactive ketones (excluding diaryl/α,β-unsaturated/α-hetero) is 1. The third-order valence-corrected chi connectivity index (χ3v) is 4.50. The Morgan fingerprint density at radius 3 is 2.00 bits per heavy atom. The number of hydrogen-bond donors (Lipinski definition) is 2. The van der Waals surface area contributed by atoms with Gasteiger partial charge in [0.05, 0.1) is 6.10 Å². The highest BCUT2D eigenvalue weighted by Gasteiger charge is 2.14. The number of aliphatic hydroxyl groups is 1. The lowest BCUT2D eigenvalue weighted by molar-refractivity contribution is -0.137. The summed E-state index contributed by atoms with van der Waals surface area (Å²) in [5, 5.41) is 18.5. The predicted octanol–water partition coefficient (Wildman–Crippen LogP) is 4.73. The summed E-state index contributed by atoms with van der Waals surface area (Å²) < 4.78 is 0. The van der Waals surface area contributed by atoms with Gasteiger partial charge in [0.25, 0.3) is 0 Å². The van der Waals surface area contributed by atoms with Crippen LogP contribution in [-0.4, -0.2) is 28.1 Å². The molecule has 0 aliphatic carbocycles.